The minimum Gasteiger partial charge on any atom is -0.446 e. The van der Waals surface area contributed by atoms with Crippen molar-refractivity contribution >= 4 is 17.9 Å². The van der Waals surface area contributed by atoms with Crippen LogP contribution in [0.3, 0.4) is 0 Å². The number of hydrogen-bond acceptors (Lipinski definition) is 5. The zero-order valence-electron chi connectivity index (χ0n) is 22.3. The molecule has 2 unspecified atom stereocenters. The second kappa shape index (κ2) is 18.2. The molecule has 3 amide bonds. The first-order valence-corrected chi connectivity index (χ1v) is 13.6. The summed E-state index contributed by atoms with van der Waals surface area (Å²) >= 11 is 0. The van der Waals surface area contributed by atoms with Gasteiger partial charge in [0.05, 0.1) is 12.6 Å². The molecule has 0 bridgehead atoms. The lowest BCUT2D eigenvalue weighted by atomic mass is 9.94. The zero-order valence-corrected chi connectivity index (χ0v) is 22.3. The van der Waals surface area contributed by atoms with Gasteiger partial charge in [-0.15, -0.1) is 0 Å². The lowest BCUT2D eigenvalue weighted by Crippen LogP contribution is -2.52. The predicted octanol–water partition coefficient (Wildman–Crippen LogP) is 4.22. The van der Waals surface area contributed by atoms with E-state index in [-0.39, 0.29) is 36.4 Å². The third kappa shape index (κ3) is 13.5. The standard InChI is InChI=1S/C27H49N3O5/c1-5-6-7-8-12-15-23-16-13-10-9-11-14-21(25(32)28-4)18-22(19-31)29-26(33)24(17-20(2)3)30-27(34)35-23/h9,11,20-24,31H,5-8,10,12-19H2,1-4H3,(H,28,32)(H,29,33)(H,30,34)/b11-9+/t21?,22-,23?,24-/m0/s1. The topological polar surface area (TPSA) is 117 Å². The number of hydrogen-bond donors (Lipinski definition) is 4. The Kier molecular flexibility index (Phi) is 16.1. The van der Waals surface area contributed by atoms with Crippen molar-refractivity contribution in [2.75, 3.05) is 13.7 Å². The number of aliphatic hydroxyl groups excluding tert-OH is 1. The van der Waals surface area contributed by atoms with Crippen molar-refractivity contribution in [1.82, 2.24) is 16.0 Å². The number of unbranched alkanes of at least 4 members (excludes halogenated alkanes) is 4. The fraction of sp³-hybridized carbons (Fsp3) is 0.815. The summed E-state index contributed by atoms with van der Waals surface area (Å²) in [4.78, 5) is 38.2. The normalized spacial score (nSPS) is 25.9. The maximum Gasteiger partial charge on any atom is 0.408 e. The Bertz CT molecular complexity index is 653. The van der Waals surface area contributed by atoms with E-state index in [1.54, 1.807) is 7.05 Å². The quantitative estimate of drug-likeness (QED) is 0.267. The first-order valence-electron chi connectivity index (χ1n) is 13.6. The van der Waals surface area contributed by atoms with E-state index in [1.807, 2.05) is 19.9 Å². The van der Waals surface area contributed by atoms with Crippen molar-refractivity contribution < 1.29 is 24.2 Å². The van der Waals surface area contributed by atoms with Crippen molar-refractivity contribution in [3.8, 4) is 0 Å². The fourth-order valence-corrected chi connectivity index (χ4v) is 4.45. The lowest BCUT2D eigenvalue weighted by molar-refractivity contribution is -0.127. The van der Waals surface area contributed by atoms with E-state index in [2.05, 4.69) is 29.0 Å². The summed E-state index contributed by atoms with van der Waals surface area (Å²) in [6, 6.07) is -1.36. The lowest BCUT2D eigenvalue weighted by Gasteiger charge is -2.26. The van der Waals surface area contributed by atoms with Gasteiger partial charge in [-0.3, -0.25) is 9.59 Å². The van der Waals surface area contributed by atoms with Crippen molar-refractivity contribution in [2.45, 2.75) is 116 Å². The molecule has 4 N–H and O–H groups in total. The van der Waals surface area contributed by atoms with E-state index in [0.717, 1.165) is 38.5 Å². The SMILES string of the molecule is CCCCCCCC1CCC/C=C/CC(C(=O)NC)C[C@@H](CO)NC(=O)[C@H](CC(C)C)NC(=O)O1. The number of rotatable bonds is 10. The van der Waals surface area contributed by atoms with Crippen LogP contribution in [0.1, 0.15) is 97.8 Å². The van der Waals surface area contributed by atoms with Gasteiger partial charge in [0.1, 0.15) is 12.1 Å². The van der Waals surface area contributed by atoms with Crippen LogP contribution in [-0.4, -0.2) is 54.9 Å². The highest BCUT2D eigenvalue weighted by Crippen LogP contribution is 2.18. The van der Waals surface area contributed by atoms with E-state index in [1.165, 1.54) is 19.3 Å². The van der Waals surface area contributed by atoms with Gasteiger partial charge < -0.3 is 25.8 Å². The summed E-state index contributed by atoms with van der Waals surface area (Å²) in [5.41, 5.74) is 0. The van der Waals surface area contributed by atoms with Crippen molar-refractivity contribution in [3.05, 3.63) is 12.2 Å². The Hall–Kier alpha value is -2.09. The number of carbonyl (C=O) groups excluding carboxylic acids is 3. The molecule has 8 nitrogen and oxygen atoms in total. The largest absolute Gasteiger partial charge is 0.446 e. The smallest absolute Gasteiger partial charge is 0.408 e. The van der Waals surface area contributed by atoms with E-state index in [9.17, 15) is 19.5 Å². The molecule has 8 heteroatoms. The molecule has 0 saturated carbocycles. The van der Waals surface area contributed by atoms with Gasteiger partial charge >= 0.3 is 6.09 Å². The van der Waals surface area contributed by atoms with E-state index in [4.69, 9.17) is 4.74 Å². The first kappa shape index (κ1) is 30.9. The maximum absolute atomic E-state index is 13.1. The van der Waals surface area contributed by atoms with Crippen LogP contribution in [0.2, 0.25) is 0 Å². The minimum atomic E-state index is -0.770. The highest BCUT2D eigenvalue weighted by molar-refractivity contribution is 5.86. The van der Waals surface area contributed by atoms with Gasteiger partial charge in [0.25, 0.3) is 0 Å². The Balaban J connectivity index is 3.00. The average molecular weight is 496 g/mol. The number of allylic oxidation sites excluding steroid dienone is 2. The van der Waals surface area contributed by atoms with Crippen LogP contribution in [0.25, 0.3) is 0 Å². The number of carbonyl (C=O) groups is 3. The molecule has 0 radical (unpaired) electrons. The molecule has 1 aliphatic heterocycles. The highest BCUT2D eigenvalue weighted by Gasteiger charge is 2.28. The molecule has 1 aliphatic rings. The number of aliphatic hydroxyl groups is 1. The Labute approximate surface area is 212 Å². The molecule has 0 aromatic carbocycles. The van der Waals surface area contributed by atoms with Crippen LogP contribution >= 0.6 is 0 Å². The van der Waals surface area contributed by atoms with E-state index in [0.29, 0.717) is 19.3 Å². The molecule has 0 aromatic heterocycles. The molecule has 4 atom stereocenters. The van der Waals surface area contributed by atoms with Gasteiger partial charge in [-0.25, -0.2) is 4.79 Å². The van der Waals surface area contributed by atoms with Crippen LogP contribution in [0, 0.1) is 11.8 Å². The summed E-state index contributed by atoms with van der Waals surface area (Å²) in [5.74, 6) is -0.683. The van der Waals surface area contributed by atoms with Crippen LogP contribution in [0.5, 0.6) is 0 Å². The molecule has 0 saturated heterocycles. The number of amides is 3. The van der Waals surface area contributed by atoms with Crippen LogP contribution < -0.4 is 16.0 Å². The number of cyclic esters (lactones) is 1. The van der Waals surface area contributed by atoms with Gasteiger partial charge in [0, 0.05) is 13.0 Å². The van der Waals surface area contributed by atoms with Crippen LogP contribution in [0.15, 0.2) is 12.2 Å². The van der Waals surface area contributed by atoms with Gasteiger partial charge in [-0.1, -0.05) is 58.6 Å². The molecule has 0 fully saturated rings. The second-order valence-corrected chi connectivity index (χ2v) is 10.1. The average Bonchev–Trinajstić information content (AvgIpc) is 2.82. The molecule has 202 valence electrons. The van der Waals surface area contributed by atoms with Crippen LogP contribution in [0.4, 0.5) is 4.79 Å². The first-order chi connectivity index (χ1) is 16.8. The van der Waals surface area contributed by atoms with E-state index < -0.39 is 18.2 Å². The molecule has 1 heterocycles. The Morgan fingerprint density at radius 3 is 2.57 bits per heavy atom. The monoisotopic (exact) mass is 495 g/mol. The summed E-state index contributed by atoms with van der Waals surface area (Å²) < 4.78 is 5.78. The molecule has 0 aliphatic carbocycles. The van der Waals surface area contributed by atoms with Crippen molar-refractivity contribution in [1.29, 1.82) is 0 Å². The third-order valence-electron chi connectivity index (χ3n) is 6.46. The van der Waals surface area contributed by atoms with E-state index >= 15 is 0 Å². The highest BCUT2D eigenvalue weighted by atomic mass is 16.6. The predicted molar refractivity (Wildman–Crippen MR) is 139 cm³/mol. The third-order valence-corrected chi connectivity index (χ3v) is 6.46. The molecule has 0 spiro atoms. The van der Waals surface area contributed by atoms with Gasteiger partial charge in [-0.05, 0) is 57.3 Å². The summed E-state index contributed by atoms with van der Waals surface area (Å²) in [6.07, 6.45) is 13.6. The molecular weight excluding hydrogens is 446 g/mol. The minimum absolute atomic E-state index is 0.118. The molecular formula is C27H49N3O5. The van der Waals surface area contributed by atoms with Crippen molar-refractivity contribution in [2.24, 2.45) is 11.8 Å². The molecule has 1 rings (SSSR count). The fourth-order valence-electron chi connectivity index (χ4n) is 4.45. The maximum atomic E-state index is 13.1. The number of alkyl carbamates (subject to hydrolysis) is 1. The van der Waals surface area contributed by atoms with Crippen molar-refractivity contribution in [3.63, 3.8) is 0 Å². The second-order valence-electron chi connectivity index (χ2n) is 10.1. The zero-order chi connectivity index (χ0) is 26.1. The Morgan fingerprint density at radius 1 is 1.17 bits per heavy atom. The Morgan fingerprint density at radius 2 is 1.91 bits per heavy atom. The summed E-state index contributed by atoms with van der Waals surface area (Å²) in [6.45, 7) is 5.86. The number of ether oxygens (including phenoxy) is 1. The van der Waals surface area contributed by atoms with Crippen LogP contribution in [-0.2, 0) is 14.3 Å². The molecule has 0 aromatic rings. The van der Waals surface area contributed by atoms with Gasteiger partial charge in [0.2, 0.25) is 11.8 Å². The summed E-state index contributed by atoms with van der Waals surface area (Å²) in [5, 5.41) is 18.2. The van der Waals surface area contributed by atoms with Gasteiger partial charge in [0.15, 0.2) is 0 Å². The molecule has 35 heavy (non-hydrogen) atoms. The van der Waals surface area contributed by atoms with Gasteiger partial charge in [-0.2, -0.15) is 0 Å². The summed E-state index contributed by atoms with van der Waals surface area (Å²) in [7, 11) is 1.59. The number of nitrogens with one attached hydrogen (secondary N) is 3.